The fourth-order valence-corrected chi connectivity index (χ4v) is 3.70. The zero-order valence-corrected chi connectivity index (χ0v) is 14.9. The highest BCUT2D eigenvalue weighted by Gasteiger charge is 2.27. The molecule has 2 rings (SSSR count). The predicted molar refractivity (Wildman–Crippen MR) is 92.9 cm³/mol. The van der Waals surface area contributed by atoms with Crippen molar-refractivity contribution in [1.29, 1.82) is 0 Å². The molecule has 0 aliphatic carbocycles. The lowest BCUT2D eigenvalue weighted by Gasteiger charge is -2.24. The Balaban J connectivity index is 2.17. The quantitative estimate of drug-likeness (QED) is 0.848. The number of nitrogens with zero attached hydrogens (tertiary/aromatic N) is 1. The lowest BCUT2D eigenvalue weighted by atomic mass is 9.85. The number of hydrogen-bond acceptors (Lipinski definition) is 3. The van der Waals surface area contributed by atoms with Crippen LogP contribution in [-0.2, 0) is 4.79 Å². The number of rotatable bonds is 4. The number of aliphatic carboxylic acids is 1. The first-order valence-corrected chi connectivity index (χ1v) is 8.96. The van der Waals surface area contributed by atoms with E-state index in [1.165, 1.54) is 11.8 Å². The molecular weight excluding hydrogens is 310 g/mol. The van der Waals surface area contributed by atoms with Crippen molar-refractivity contribution >= 4 is 23.6 Å². The van der Waals surface area contributed by atoms with Gasteiger partial charge in [-0.05, 0) is 43.7 Å². The van der Waals surface area contributed by atoms with Crippen molar-refractivity contribution in [1.82, 2.24) is 4.90 Å². The molecule has 1 aliphatic rings. The van der Waals surface area contributed by atoms with Crippen molar-refractivity contribution in [3.63, 3.8) is 0 Å². The molecule has 5 heteroatoms. The lowest BCUT2D eigenvalue weighted by Crippen LogP contribution is -2.32. The van der Waals surface area contributed by atoms with Crippen LogP contribution in [0.25, 0.3) is 0 Å². The summed E-state index contributed by atoms with van der Waals surface area (Å²) in [4.78, 5) is 26.7. The second-order valence-corrected chi connectivity index (χ2v) is 8.29. The topological polar surface area (TPSA) is 57.6 Å². The maximum Gasteiger partial charge on any atom is 0.316 e. The summed E-state index contributed by atoms with van der Waals surface area (Å²) in [6, 6.07) is 7.32. The molecule has 1 saturated heterocycles. The number of amides is 1. The third-order valence-electron chi connectivity index (χ3n) is 4.40. The highest BCUT2D eigenvalue weighted by atomic mass is 32.2. The molecule has 0 saturated carbocycles. The van der Waals surface area contributed by atoms with E-state index in [1.807, 2.05) is 23.1 Å². The second kappa shape index (κ2) is 7.39. The van der Waals surface area contributed by atoms with Gasteiger partial charge in [-0.2, -0.15) is 0 Å². The van der Waals surface area contributed by atoms with Crippen molar-refractivity contribution in [3.05, 3.63) is 29.8 Å². The van der Waals surface area contributed by atoms with E-state index in [9.17, 15) is 9.59 Å². The largest absolute Gasteiger partial charge is 0.480 e. The van der Waals surface area contributed by atoms with E-state index in [-0.39, 0.29) is 11.3 Å². The van der Waals surface area contributed by atoms with Crippen molar-refractivity contribution in [2.45, 2.75) is 50.2 Å². The van der Waals surface area contributed by atoms with Crippen LogP contribution in [0.2, 0.25) is 0 Å². The molecule has 1 aromatic rings. The molecule has 0 spiro atoms. The SMILES string of the molecule is CC(Sc1ccccc1C(=O)N1CCCC(C)(C)CC1)C(=O)O. The summed E-state index contributed by atoms with van der Waals surface area (Å²) >= 11 is 1.23. The summed E-state index contributed by atoms with van der Waals surface area (Å²) in [7, 11) is 0. The van der Waals surface area contributed by atoms with Crippen molar-refractivity contribution < 1.29 is 14.7 Å². The molecule has 1 heterocycles. The fourth-order valence-electron chi connectivity index (χ4n) is 2.78. The van der Waals surface area contributed by atoms with E-state index in [0.717, 1.165) is 37.2 Å². The van der Waals surface area contributed by atoms with E-state index in [2.05, 4.69) is 13.8 Å². The average Bonchev–Trinajstić information content (AvgIpc) is 2.68. The number of carboxylic acid groups (broad SMARTS) is 1. The summed E-state index contributed by atoms with van der Waals surface area (Å²) in [5.41, 5.74) is 0.895. The van der Waals surface area contributed by atoms with Gasteiger partial charge in [-0.25, -0.2) is 0 Å². The Morgan fingerprint density at radius 2 is 1.91 bits per heavy atom. The van der Waals surface area contributed by atoms with E-state index < -0.39 is 11.2 Å². The highest BCUT2D eigenvalue weighted by molar-refractivity contribution is 8.00. The minimum absolute atomic E-state index is 0.0170. The summed E-state index contributed by atoms with van der Waals surface area (Å²) in [5.74, 6) is -0.850. The molecule has 126 valence electrons. The van der Waals surface area contributed by atoms with Gasteiger partial charge in [0.2, 0.25) is 0 Å². The number of carbonyl (C=O) groups is 2. The third-order valence-corrected chi connectivity index (χ3v) is 5.56. The zero-order valence-electron chi connectivity index (χ0n) is 14.0. The van der Waals surface area contributed by atoms with Gasteiger partial charge < -0.3 is 10.0 Å². The minimum Gasteiger partial charge on any atom is -0.480 e. The van der Waals surface area contributed by atoms with E-state index in [0.29, 0.717) is 5.56 Å². The van der Waals surface area contributed by atoms with Gasteiger partial charge in [-0.3, -0.25) is 9.59 Å². The molecule has 1 N–H and O–H groups in total. The number of carbonyl (C=O) groups excluding carboxylic acids is 1. The van der Waals surface area contributed by atoms with Gasteiger partial charge in [0.15, 0.2) is 0 Å². The van der Waals surface area contributed by atoms with E-state index >= 15 is 0 Å². The van der Waals surface area contributed by atoms with Crippen molar-refractivity contribution in [2.75, 3.05) is 13.1 Å². The highest BCUT2D eigenvalue weighted by Crippen LogP contribution is 2.32. The van der Waals surface area contributed by atoms with Gasteiger partial charge in [0.25, 0.3) is 5.91 Å². The number of likely N-dealkylation sites (tertiary alicyclic amines) is 1. The molecule has 1 aromatic carbocycles. The number of hydrogen-bond donors (Lipinski definition) is 1. The third kappa shape index (κ3) is 4.74. The van der Waals surface area contributed by atoms with Gasteiger partial charge >= 0.3 is 5.97 Å². The molecule has 0 bridgehead atoms. The van der Waals surface area contributed by atoms with Crippen LogP contribution in [0.4, 0.5) is 0 Å². The van der Waals surface area contributed by atoms with Gasteiger partial charge in [0.05, 0.1) is 5.56 Å². The standard InChI is InChI=1S/C18H25NO3S/c1-13(17(21)22)23-15-8-5-4-7-14(15)16(20)19-11-6-9-18(2,3)10-12-19/h4-5,7-8,13H,6,9-12H2,1-3H3,(H,21,22). The monoisotopic (exact) mass is 335 g/mol. The fraction of sp³-hybridized carbons (Fsp3) is 0.556. The maximum absolute atomic E-state index is 12.9. The molecular formula is C18H25NO3S. The number of thioether (sulfide) groups is 1. The maximum atomic E-state index is 12.9. The van der Waals surface area contributed by atoms with Crippen LogP contribution < -0.4 is 0 Å². The van der Waals surface area contributed by atoms with Gasteiger partial charge in [0.1, 0.15) is 5.25 Å². The Bertz CT molecular complexity index is 585. The lowest BCUT2D eigenvalue weighted by molar-refractivity contribution is -0.136. The van der Waals surface area contributed by atoms with Crippen LogP contribution >= 0.6 is 11.8 Å². The first kappa shape index (κ1) is 17.9. The molecule has 23 heavy (non-hydrogen) atoms. The summed E-state index contributed by atoms with van der Waals surface area (Å²) in [6.45, 7) is 7.68. The summed E-state index contributed by atoms with van der Waals surface area (Å²) in [5, 5.41) is 8.52. The van der Waals surface area contributed by atoms with Gasteiger partial charge in [-0.1, -0.05) is 26.0 Å². The van der Waals surface area contributed by atoms with Crippen LogP contribution in [0.15, 0.2) is 29.2 Å². The van der Waals surface area contributed by atoms with Gasteiger partial charge in [0, 0.05) is 18.0 Å². The Morgan fingerprint density at radius 3 is 2.61 bits per heavy atom. The smallest absolute Gasteiger partial charge is 0.316 e. The molecule has 0 radical (unpaired) electrons. The normalized spacial score (nSPS) is 19.0. The Morgan fingerprint density at radius 1 is 1.22 bits per heavy atom. The van der Waals surface area contributed by atoms with E-state index in [4.69, 9.17) is 5.11 Å². The molecule has 1 aliphatic heterocycles. The Kier molecular flexibility index (Phi) is 5.74. The zero-order chi connectivity index (χ0) is 17.0. The molecule has 4 nitrogen and oxygen atoms in total. The molecule has 1 fully saturated rings. The Labute approximate surface area is 142 Å². The van der Waals surface area contributed by atoms with Crippen LogP contribution in [0.3, 0.4) is 0 Å². The van der Waals surface area contributed by atoms with Crippen LogP contribution in [-0.4, -0.2) is 40.2 Å². The van der Waals surface area contributed by atoms with Crippen LogP contribution in [0, 0.1) is 5.41 Å². The van der Waals surface area contributed by atoms with E-state index in [1.54, 1.807) is 13.0 Å². The van der Waals surface area contributed by atoms with Crippen molar-refractivity contribution in [3.8, 4) is 0 Å². The molecule has 1 amide bonds. The first-order valence-electron chi connectivity index (χ1n) is 8.08. The van der Waals surface area contributed by atoms with Gasteiger partial charge in [-0.15, -0.1) is 11.8 Å². The summed E-state index contributed by atoms with van der Waals surface area (Å²) < 4.78 is 0. The average molecular weight is 335 g/mol. The van der Waals surface area contributed by atoms with Crippen molar-refractivity contribution in [2.24, 2.45) is 5.41 Å². The first-order chi connectivity index (χ1) is 10.8. The minimum atomic E-state index is -0.867. The second-order valence-electron chi connectivity index (χ2n) is 6.90. The van der Waals surface area contributed by atoms with Crippen LogP contribution in [0.5, 0.6) is 0 Å². The molecule has 1 atom stereocenters. The predicted octanol–water partition coefficient (Wildman–Crippen LogP) is 3.90. The van der Waals surface area contributed by atoms with Crippen LogP contribution in [0.1, 0.15) is 50.4 Å². The molecule has 0 aromatic heterocycles. The number of carboxylic acids is 1. The molecule has 1 unspecified atom stereocenters. The Hall–Kier alpha value is -1.49. The summed E-state index contributed by atoms with van der Waals surface area (Å²) in [6.07, 6.45) is 3.14. The number of benzene rings is 1.